The Morgan fingerprint density at radius 1 is 1.03 bits per heavy atom. The third kappa shape index (κ3) is 6.61. The molecule has 1 aliphatic rings. The Morgan fingerprint density at radius 2 is 1.69 bits per heavy atom. The molecule has 0 radical (unpaired) electrons. The lowest BCUT2D eigenvalue weighted by atomic mass is 9.90. The second-order valence-corrected chi connectivity index (χ2v) is 9.44. The van der Waals surface area contributed by atoms with E-state index in [1.165, 1.54) is 4.90 Å². The molecule has 2 atom stereocenters. The molecule has 0 saturated carbocycles. The Morgan fingerprint density at radius 3 is 2.36 bits per heavy atom. The van der Waals surface area contributed by atoms with Gasteiger partial charge >= 0.3 is 0 Å². The molecule has 1 aliphatic heterocycles. The maximum atomic E-state index is 13.7. The van der Waals surface area contributed by atoms with Crippen molar-refractivity contribution in [3.05, 3.63) is 101 Å². The molecule has 5 nitrogen and oxygen atoms in total. The predicted molar refractivity (Wildman–Crippen MR) is 134 cm³/mol. The van der Waals surface area contributed by atoms with Crippen molar-refractivity contribution in [3.8, 4) is 5.75 Å². The lowest BCUT2D eigenvalue weighted by Crippen LogP contribution is -2.49. The van der Waals surface area contributed by atoms with E-state index in [0.717, 1.165) is 23.8 Å². The summed E-state index contributed by atoms with van der Waals surface area (Å²) in [6, 6.07) is 19.4. The summed E-state index contributed by atoms with van der Waals surface area (Å²) < 4.78 is 33.6. The molecule has 0 bridgehead atoms. The number of likely N-dealkylation sites (tertiary alicyclic amines) is 1. The summed E-state index contributed by atoms with van der Waals surface area (Å²) in [4.78, 5) is 29.4. The van der Waals surface area contributed by atoms with Crippen LogP contribution in [0.5, 0.6) is 5.75 Å². The van der Waals surface area contributed by atoms with E-state index in [-0.39, 0.29) is 36.5 Å². The Hall–Kier alpha value is -3.45. The van der Waals surface area contributed by atoms with Crippen molar-refractivity contribution in [1.82, 2.24) is 9.80 Å². The van der Waals surface area contributed by atoms with Crippen molar-refractivity contribution < 1.29 is 23.1 Å². The van der Waals surface area contributed by atoms with Crippen LogP contribution in [-0.2, 0) is 11.3 Å². The molecule has 3 aromatic rings. The number of carbonyl (C=O) groups excluding carboxylic acids is 2. The minimum absolute atomic E-state index is 0.0594. The standard InChI is InChI=1S/C28H27ClF2N2O3/c1-32(17-19-5-3-2-4-6-19)27(34)15-21-18-33(28(35)20-13-23(30)16-24(31)14-20)12-11-26(21)36-25-9-7-22(29)8-10-25/h2-10,13-14,16,21,26H,11-12,15,17-18H2,1H3/t21-,26-/m0/s1. The van der Waals surface area contributed by atoms with E-state index in [1.54, 1.807) is 36.2 Å². The summed E-state index contributed by atoms with van der Waals surface area (Å²) in [6.07, 6.45) is 0.295. The Labute approximate surface area is 214 Å². The second kappa shape index (κ2) is 11.5. The van der Waals surface area contributed by atoms with Crippen molar-refractivity contribution in [2.24, 2.45) is 5.92 Å². The molecule has 0 unspecified atom stereocenters. The number of nitrogens with zero attached hydrogens (tertiary/aromatic N) is 2. The molecule has 0 aliphatic carbocycles. The maximum Gasteiger partial charge on any atom is 0.254 e. The van der Waals surface area contributed by atoms with Gasteiger partial charge in [-0.1, -0.05) is 41.9 Å². The van der Waals surface area contributed by atoms with Crippen molar-refractivity contribution >= 4 is 23.4 Å². The summed E-state index contributed by atoms with van der Waals surface area (Å²) in [5.41, 5.74) is 0.951. The van der Waals surface area contributed by atoms with E-state index in [1.807, 2.05) is 30.3 Å². The number of piperidine rings is 1. The number of amides is 2. The van der Waals surface area contributed by atoms with Crippen LogP contribution in [-0.4, -0.2) is 47.9 Å². The summed E-state index contributed by atoms with van der Waals surface area (Å²) in [5, 5.41) is 0.583. The normalized spacial score (nSPS) is 17.5. The summed E-state index contributed by atoms with van der Waals surface area (Å²) >= 11 is 5.98. The third-order valence-electron chi connectivity index (χ3n) is 6.29. The predicted octanol–water partition coefficient (Wildman–Crippen LogP) is 5.58. The largest absolute Gasteiger partial charge is 0.490 e. The average molecular weight is 513 g/mol. The molecule has 1 fully saturated rings. The number of hydrogen-bond acceptors (Lipinski definition) is 3. The van der Waals surface area contributed by atoms with Gasteiger partial charge in [-0.3, -0.25) is 9.59 Å². The molecule has 8 heteroatoms. The molecule has 188 valence electrons. The summed E-state index contributed by atoms with van der Waals surface area (Å²) in [5.74, 6) is -1.88. The first kappa shape index (κ1) is 25.6. The van der Waals surface area contributed by atoms with Gasteiger partial charge in [-0.2, -0.15) is 0 Å². The van der Waals surface area contributed by atoms with E-state index in [2.05, 4.69) is 0 Å². The van der Waals surface area contributed by atoms with E-state index in [0.29, 0.717) is 30.3 Å². The van der Waals surface area contributed by atoms with Crippen LogP contribution in [0, 0.1) is 17.6 Å². The Bertz CT molecular complexity index is 1190. The molecule has 1 heterocycles. The van der Waals surface area contributed by atoms with Gasteiger partial charge in [0, 0.05) is 62.1 Å². The van der Waals surface area contributed by atoms with Gasteiger partial charge in [-0.05, 0) is 42.0 Å². The number of benzene rings is 3. The first-order chi connectivity index (χ1) is 17.3. The highest BCUT2D eigenvalue weighted by Crippen LogP contribution is 2.28. The third-order valence-corrected chi connectivity index (χ3v) is 6.54. The van der Waals surface area contributed by atoms with Crippen LogP contribution in [0.2, 0.25) is 5.02 Å². The molecule has 0 aromatic heterocycles. The van der Waals surface area contributed by atoms with Gasteiger partial charge in [-0.15, -0.1) is 0 Å². The van der Waals surface area contributed by atoms with Crippen molar-refractivity contribution in [3.63, 3.8) is 0 Å². The second-order valence-electron chi connectivity index (χ2n) is 9.01. The molecule has 0 spiro atoms. The van der Waals surface area contributed by atoms with Gasteiger partial charge in [0.2, 0.25) is 5.91 Å². The Balaban J connectivity index is 1.50. The molecule has 0 N–H and O–H groups in total. The maximum absolute atomic E-state index is 13.7. The van der Waals surface area contributed by atoms with Gasteiger partial charge in [0.05, 0.1) is 0 Å². The van der Waals surface area contributed by atoms with Crippen molar-refractivity contribution in [2.45, 2.75) is 25.5 Å². The highest BCUT2D eigenvalue weighted by Gasteiger charge is 2.35. The number of rotatable bonds is 7. The van der Waals surface area contributed by atoms with Gasteiger partial charge in [0.1, 0.15) is 23.5 Å². The zero-order valence-corrected chi connectivity index (χ0v) is 20.6. The fraction of sp³-hybridized carbons (Fsp3) is 0.286. The average Bonchev–Trinajstić information content (AvgIpc) is 2.86. The highest BCUT2D eigenvalue weighted by molar-refractivity contribution is 6.30. The molecule has 3 aromatic carbocycles. The quantitative estimate of drug-likeness (QED) is 0.415. The molecular weight excluding hydrogens is 486 g/mol. The first-order valence-electron chi connectivity index (χ1n) is 11.7. The van der Waals surface area contributed by atoms with Crippen LogP contribution in [0.15, 0.2) is 72.8 Å². The number of halogens is 3. The molecule has 2 amide bonds. The SMILES string of the molecule is CN(Cc1ccccc1)C(=O)C[C@H]1CN(C(=O)c2cc(F)cc(F)c2)CC[C@@H]1Oc1ccc(Cl)cc1. The van der Waals surface area contributed by atoms with Crippen LogP contribution >= 0.6 is 11.6 Å². The highest BCUT2D eigenvalue weighted by atomic mass is 35.5. The minimum atomic E-state index is -0.812. The molecular formula is C28H27ClF2N2O3. The molecule has 1 saturated heterocycles. The topological polar surface area (TPSA) is 49.9 Å². The fourth-order valence-corrected chi connectivity index (χ4v) is 4.55. The van der Waals surface area contributed by atoms with Crippen LogP contribution in [0.25, 0.3) is 0 Å². The zero-order valence-electron chi connectivity index (χ0n) is 19.9. The fourth-order valence-electron chi connectivity index (χ4n) is 4.42. The van der Waals surface area contributed by atoms with E-state index in [9.17, 15) is 18.4 Å². The van der Waals surface area contributed by atoms with E-state index in [4.69, 9.17) is 16.3 Å². The van der Waals surface area contributed by atoms with E-state index >= 15 is 0 Å². The smallest absolute Gasteiger partial charge is 0.254 e. The molecule has 36 heavy (non-hydrogen) atoms. The lowest BCUT2D eigenvalue weighted by Gasteiger charge is -2.39. The zero-order chi connectivity index (χ0) is 25.7. The summed E-state index contributed by atoms with van der Waals surface area (Å²) in [6.45, 7) is 1.01. The number of hydrogen-bond donors (Lipinski definition) is 0. The van der Waals surface area contributed by atoms with Crippen molar-refractivity contribution in [1.29, 1.82) is 0 Å². The lowest BCUT2D eigenvalue weighted by molar-refractivity contribution is -0.132. The van der Waals surface area contributed by atoms with Crippen molar-refractivity contribution in [2.75, 3.05) is 20.1 Å². The number of ether oxygens (including phenoxy) is 1. The van der Waals surface area contributed by atoms with Crippen LogP contribution in [0.1, 0.15) is 28.8 Å². The van der Waals surface area contributed by atoms with Crippen LogP contribution in [0.4, 0.5) is 8.78 Å². The van der Waals surface area contributed by atoms with Gasteiger partial charge in [-0.25, -0.2) is 8.78 Å². The van der Waals surface area contributed by atoms with Crippen LogP contribution < -0.4 is 4.74 Å². The van der Waals surface area contributed by atoms with Gasteiger partial charge in [0.15, 0.2) is 0 Å². The van der Waals surface area contributed by atoms with E-state index < -0.39 is 17.5 Å². The Kier molecular flexibility index (Phi) is 8.21. The van der Waals surface area contributed by atoms with Crippen LogP contribution in [0.3, 0.4) is 0 Å². The monoisotopic (exact) mass is 512 g/mol. The first-order valence-corrected chi connectivity index (χ1v) is 12.1. The molecule has 4 rings (SSSR count). The number of carbonyl (C=O) groups is 2. The minimum Gasteiger partial charge on any atom is -0.490 e. The van der Waals surface area contributed by atoms with Gasteiger partial charge in [0.25, 0.3) is 5.91 Å². The van der Waals surface area contributed by atoms with Gasteiger partial charge < -0.3 is 14.5 Å². The summed E-state index contributed by atoms with van der Waals surface area (Å²) in [7, 11) is 1.74.